The van der Waals surface area contributed by atoms with Crippen LogP contribution in [0, 0.1) is 0 Å². The molecule has 0 atom stereocenters. The smallest absolute Gasteiger partial charge is 0.399 e. The van der Waals surface area contributed by atoms with Gasteiger partial charge in [0.2, 0.25) is 0 Å². The zero-order chi connectivity index (χ0) is 13.6. The highest BCUT2D eigenvalue weighted by atomic mass is 35.5. The maximum atomic E-state index is 6.05. The molecule has 0 aliphatic carbocycles. The molecule has 1 saturated heterocycles. The van der Waals surface area contributed by atoms with E-state index in [1.807, 2.05) is 33.8 Å². The first kappa shape index (κ1) is 13.8. The fourth-order valence-corrected chi connectivity index (χ4v) is 2.12. The number of rotatable bonds is 2. The molecule has 1 aromatic rings. The van der Waals surface area contributed by atoms with Crippen molar-refractivity contribution in [3.63, 3.8) is 0 Å². The lowest BCUT2D eigenvalue weighted by Crippen LogP contribution is -2.41. The van der Waals surface area contributed by atoms with Crippen molar-refractivity contribution >= 4 is 24.2 Å². The molecule has 1 aromatic heterocycles. The summed E-state index contributed by atoms with van der Waals surface area (Å²) in [6.45, 7) is 8.36. The Labute approximate surface area is 113 Å². The predicted molar refractivity (Wildman–Crippen MR) is 72.9 cm³/mol. The van der Waals surface area contributed by atoms with E-state index in [2.05, 4.69) is 4.98 Å². The van der Waals surface area contributed by atoms with E-state index in [1.165, 1.54) is 0 Å². The monoisotopic (exact) mass is 268 g/mol. The van der Waals surface area contributed by atoms with E-state index >= 15 is 0 Å². The number of nitrogens with zero attached hydrogens (tertiary/aromatic N) is 1. The zero-order valence-electron chi connectivity index (χ0n) is 11.2. The Bertz CT molecular complexity index is 449. The van der Waals surface area contributed by atoms with Crippen molar-refractivity contribution in [2.45, 2.75) is 45.4 Å². The van der Waals surface area contributed by atoms with Crippen LogP contribution >= 0.6 is 11.6 Å². The van der Waals surface area contributed by atoms with Gasteiger partial charge in [-0.25, -0.2) is 4.98 Å². The maximum absolute atomic E-state index is 6.05. The molecule has 4 nitrogen and oxygen atoms in total. The van der Waals surface area contributed by atoms with Crippen LogP contribution in [0.25, 0.3) is 0 Å². The molecule has 0 amide bonds. The number of halogens is 1. The van der Waals surface area contributed by atoms with Crippen LogP contribution in [0.2, 0.25) is 5.15 Å². The Hall–Kier alpha value is -0.615. The van der Waals surface area contributed by atoms with Crippen molar-refractivity contribution in [1.29, 1.82) is 0 Å². The van der Waals surface area contributed by atoms with E-state index in [0.717, 1.165) is 11.0 Å². The molecule has 1 aliphatic heterocycles. The molecule has 0 radical (unpaired) electrons. The van der Waals surface area contributed by atoms with Crippen LogP contribution in [0.4, 0.5) is 0 Å². The van der Waals surface area contributed by atoms with Gasteiger partial charge in [0, 0.05) is 18.3 Å². The summed E-state index contributed by atoms with van der Waals surface area (Å²) in [4.78, 5) is 4.03. The fourth-order valence-electron chi connectivity index (χ4n) is 1.87. The average Bonchev–Trinajstić information content (AvgIpc) is 2.47. The van der Waals surface area contributed by atoms with Gasteiger partial charge in [-0.3, -0.25) is 0 Å². The number of nitrogens with two attached hydrogens (primary N) is 1. The van der Waals surface area contributed by atoms with E-state index in [-0.39, 0.29) is 11.2 Å². The topological polar surface area (TPSA) is 57.4 Å². The highest BCUT2D eigenvalue weighted by Crippen LogP contribution is 2.36. The fraction of sp³-hybridized carbons (Fsp3) is 0.583. The van der Waals surface area contributed by atoms with E-state index in [1.54, 1.807) is 6.20 Å². The Balaban J connectivity index is 2.38. The third kappa shape index (κ3) is 2.16. The van der Waals surface area contributed by atoms with Gasteiger partial charge in [0.05, 0.1) is 11.2 Å². The quantitative estimate of drug-likeness (QED) is 0.652. The molecule has 0 aromatic carbocycles. The highest BCUT2D eigenvalue weighted by Gasteiger charge is 2.52. The minimum absolute atomic E-state index is 0.312. The first-order valence-electron chi connectivity index (χ1n) is 5.97. The average molecular weight is 269 g/mol. The molecule has 6 heteroatoms. The Morgan fingerprint density at radius 1 is 1.28 bits per heavy atom. The third-order valence-corrected chi connectivity index (χ3v) is 4.08. The maximum Gasteiger partial charge on any atom is 0.495 e. The van der Waals surface area contributed by atoms with E-state index in [0.29, 0.717) is 11.7 Å². The Kier molecular flexibility index (Phi) is 3.45. The summed E-state index contributed by atoms with van der Waals surface area (Å²) in [7, 11) is -0.450. The Morgan fingerprint density at radius 2 is 1.83 bits per heavy atom. The molecule has 0 saturated carbocycles. The molecular weight excluding hydrogens is 250 g/mol. The minimum Gasteiger partial charge on any atom is -0.399 e. The summed E-state index contributed by atoms with van der Waals surface area (Å²) in [5, 5.41) is 0.407. The molecule has 0 spiro atoms. The van der Waals surface area contributed by atoms with Crippen molar-refractivity contribution in [2.75, 3.05) is 0 Å². The molecule has 1 fully saturated rings. The van der Waals surface area contributed by atoms with Crippen LogP contribution in [0.1, 0.15) is 33.3 Å². The molecule has 2 N–H and O–H groups in total. The molecular formula is C12H18BClN2O2. The van der Waals surface area contributed by atoms with Crippen LogP contribution in [0.15, 0.2) is 12.3 Å². The summed E-state index contributed by atoms with van der Waals surface area (Å²) in [5.74, 6) is 0. The van der Waals surface area contributed by atoms with E-state index in [4.69, 9.17) is 26.6 Å². The number of hydrogen-bond acceptors (Lipinski definition) is 4. The van der Waals surface area contributed by atoms with Gasteiger partial charge in [-0.1, -0.05) is 11.6 Å². The van der Waals surface area contributed by atoms with Crippen molar-refractivity contribution in [1.82, 2.24) is 4.98 Å². The zero-order valence-corrected chi connectivity index (χ0v) is 11.9. The first-order valence-corrected chi connectivity index (χ1v) is 6.35. The third-order valence-electron chi connectivity index (χ3n) is 3.75. The predicted octanol–water partition coefficient (Wildman–Crippen LogP) is 1.49. The lowest BCUT2D eigenvalue weighted by molar-refractivity contribution is 0.00578. The lowest BCUT2D eigenvalue weighted by Gasteiger charge is -2.32. The second-order valence-corrected chi connectivity index (χ2v) is 5.82. The molecule has 98 valence electrons. The van der Waals surface area contributed by atoms with Crippen molar-refractivity contribution in [3.8, 4) is 0 Å². The van der Waals surface area contributed by atoms with Crippen LogP contribution in [0.5, 0.6) is 0 Å². The number of pyridine rings is 1. The van der Waals surface area contributed by atoms with Gasteiger partial charge in [0.25, 0.3) is 0 Å². The van der Waals surface area contributed by atoms with Gasteiger partial charge in [0.1, 0.15) is 5.15 Å². The van der Waals surface area contributed by atoms with Gasteiger partial charge in [0.15, 0.2) is 0 Å². The van der Waals surface area contributed by atoms with E-state index in [9.17, 15) is 0 Å². The van der Waals surface area contributed by atoms with E-state index < -0.39 is 7.12 Å². The van der Waals surface area contributed by atoms with Crippen LogP contribution in [0.3, 0.4) is 0 Å². The van der Waals surface area contributed by atoms with Crippen LogP contribution < -0.4 is 11.2 Å². The summed E-state index contributed by atoms with van der Waals surface area (Å²) in [6.07, 6.45) is 1.64. The second-order valence-electron chi connectivity index (χ2n) is 5.46. The largest absolute Gasteiger partial charge is 0.495 e. The van der Waals surface area contributed by atoms with Gasteiger partial charge in [-0.05, 0) is 39.2 Å². The van der Waals surface area contributed by atoms with Gasteiger partial charge in [-0.2, -0.15) is 0 Å². The molecule has 18 heavy (non-hydrogen) atoms. The molecule has 1 aliphatic rings. The van der Waals surface area contributed by atoms with Crippen molar-refractivity contribution < 1.29 is 9.31 Å². The van der Waals surface area contributed by atoms with Crippen LogP contribution in [-0.4, -0.2) is 23.3 Å². The SMILES string of the molecule is CC1(C)OB(c2ccnc(Cl)c2CN)OC1(C)C. The molecule has 2 rings (SSSR count). The van der Waals surface area contributed by atoms with Crippen LogP contribution in [-0.2, 0) is 15.9 Å². The van der Waals surface area contributed by atoms with Crippen molar-refractivity contribution in [2.24, 2.45) is 5.73 Å². The van der Waals surface area contributed by atoms with Gasteiger partial charge >= 0.3 is 7.12 Å². The summed E-state index contributed by atoms with van der Waals surface area (Å²) < 4.78 is 12.0. The Morgan fingerprint density at radius 3 is 2.33 bits per heavy atom. The lowest BCUT2D eigenvalue weighted by atomic mass is 9.76. The summed E-state index contributed by atoms with van der Waals surface area (Å²) in [5.41, 5.74) is 6.60. The molecule has 2 heterocycles. The number of hydrogen-bond donors (Lipinski definition) is 1. The molecule has 0 unspecified atom stereocenters. The summed E-state index contributed by atoms with van der Waals surface area (Å²) in [6, 6.07) is 1.84. The second kappa shape index (κ2) is 4.49. The van der Waals surface area contributed by atoms with Gasteiger partial charge < -0.3 is 15.0 Å². The standard InChI is InChI=1S/C12H18BClN2O2/c1-11(2)12(3,4)18-13(17-11)9-5-6-16-10(14)8(9)7-15/h5-6H,7,15H2,1-4H3. The normalized spacial score (nSPS) is 21.3. The van der Waals surface area contributed by atoms with Gasteiger partial charge in [-0.15, -0.1) is 0 Å². The summed E-state index contributed by atoms with van der Waals surface area (Å²) >= 11 is 6.05. The molecule has 0 bridgehead atoms. The van der Waals surface area contributed by atoms with Crippen molar-refractivity contribution in [3.05, 3.63) is 23.0 Å². The minimum atomic E-state index is -0.450. The highest BCUT2D eigenvalue weighted by molar-refractivity contribution is 6.63. The first-order chi connectivity index (χ1) is 8.28. The number of aromatic nitrogens is 1.